The van der Waals surface area contributed by atoms with E-state index in [0.29, 0.717) is 0 Å². The molecule has 0 unspecified atom stereocenters. The predicted molar refractivity (Wildman–Crippen MR) is 38.1 cm³/mol. The first-order chi connectivity index (χ1) is 4.31. The normalized spacial score (nSPS) is 12.6. The third kappa shape index (κ3) is 5.24. The molecule has 0 aromatic heterocycles. The number of carbonyl (C=O) groups is 1. The Hall–Kier alpha value is -0.630. The Bertz CT molecular complexity index is 90.9. The first-order valence-electron chi connectivity index (χ1n) is 3.13. The van der Waals surface area contributed by atoms with Crippen molar-refractivity contribution in [3.8, 4) is 0 Å². The van der Waals surface area contributed by atoms with E-state index in [1.807, 2.05) is 6.08 Å². The smallest absolute Gasteiger partial charge is 0.136 e. The molecule has 0 bridgehead atoms. The topological polar surface area (TPSA) is 43.1 Å². The second-order valence-corrected chi connectivity index (χ2v) is 2.02. The zero-order chi connectivity index (χ0) is 7.11. The van der Waals surface area contributed by atoms with Crippen LogP contribution in [-0.2, 0) is 4.79 Å². The zero-order valence-corrected chi connectivity index (χ0v) is 5.55. The van der Waals surface area contributed by atoms with E-state index in [1.54, 1.807) is 0 Å². The van der Waals surface area contributed by atoms with Gasteiger partial charge in [0.15, 0.2) is 0 Å². The summed E-state index contributed by atoms with van der Waals surface area (Å²) in [5.41, 5.74) is 5.31. The lowest BCUT2D eigenvalue weighted by Crippen LogP contribution is -2.20. The molecule has 0 aromatic carbocycles. The molecule has 0 fully saturated rings. The van der Waals surface area contributed by atoms with Crippen LogP contribution in [0.2, 0.25) is 0 Å². The molecule has 0 radical (unpaired) electrons. The van der Waals surface area contributed by atoms with Crippen LogP contribution in [0, 0.1) is 0 Å². The van der Waals surface area contributed by atoms with Crippen molar-refractivity contribution in [2.45, 2.75) is 25.3 Å². The number of nitrogens with two attached hydrogens (primary N) is 1. The Morgan fingerprint density at radius 3 is 2.78 bits per heavy atom. The van der Waals surface area contributed by atoms with E-state index < -0.39 is 0 Å². The average Bonchev–Trinajstić information content (AvgIpc) is 1.89. The van der Waals surface area contributed by atoms with Crippen molar-refractivity contribution in [1.29, 1.82) is 0 Å². The van der Waals surface area contributed by atoms with Crippen LogP contribution in [0.25, 0.3) is 0 Å². The van der Waals surface area contributed by atoms with E-state index >= 15 is 0 Å². The number of hydrogen-bond donors (Lipinski definition) is 1. The molecule has 0 spiro atoms. The average molecular weight is 127 g/mol. The molecule has 52 valence electrons. The van der Waals surface area contributed by atoms with Gasteiger partial charge in [-0.05, 0) is 19.3 Å². The maximum absolute atomic E-state index is 9.95. The van der Waals surface area contributed by atoms with Gasteiger partial charge in [-0.25, -0.2) is 0 Å². The summed E-state index contributed by atoms with van der Waals surface area (Å²) in [5, 5.41) is 0. The molecule has 2 heteroatoms. The van der Waals surface area contributed by atoms with Gasteiger partial charge in [0.1, 0.15) is 6.29 Å². The summed E-state index contributed by atoms with van der Waals surface area (Å²) in [6, 6.07) is -0.273. The van der Waals surface area contributed by atoms with Crippen LogP contribution >= 0.6 is 0 Å². The van der Waals surface area contributed by atoms with Gasteiger partial charge < -0.3 is 10.5 Å². The Balaban J connectivity index is 3.05. The molecular weight excluding hydrogens is 114 g/mol. The lowest BCUT2D eigenvalue weighted by Gasteiger charge is -1.98. The molecule has 1 atom stereocenters. The van der Waals surface area contributed by atoms with Gasteiger partial charge >= 0.3 is 0 Å². The van der Waals surface area contributed by atoms with Crippen molar-refractivity contribution >= 4 is 6.29 Å². The highest BCUT2D eigenvalue weighted by Gasteiger charge is 1.96. The second-order valence-electron chi connectivity index (χ2n) is 2.02. The highest BCUT2D eigenvalue weighted by atomic mass is 16.1. The molecule has 0 aliphatic rings. The number of hydrogen-bond acceptors (Lipinski definition) is 2. The first-order valence-corrected chi connectivity index (χ1v) is 3.13. The van der Waals surface area contributed by atoms with Crippen LogP contribution in [0.15, 0.2) is 12.7 Å². The summed E-state index contributed by atoms with van der Waals surface area (Å²) in [7, 11) is 0. The van der Waals surface area contributed by atoms with E-state index in [2.05, 4.69) is 6.58 Å². The van der Waals surface area contributed by atoms with Gasteiger partial charge in [0.2, 0.25) is 0 Å². The van der Waals surface area contributed by atoms with Crippen LogP contribution in [0.3, 0.4) is 0 Å². The monoisotopic (exact) mass is 127 g/mol. The van der Waals surface area contributed by atoms with Crippen molar-refractivity contribution in [1.82, 2.24) is 0 Å². The molecule has 0 aliphatic heterocycles. The summed E-state index contributed by atoms with van der Waals surface area (Å²) in [6.07, 6.45) is 5.29. The quantitative estimate of drug-likeness (QED) is 0.338. The van der Waals surface area contributed by atoms with Crippen molar-refractivity contribution in [2.75, 3.05) is 0 Å². The van der Waals surface area contributed by atoms with E-state index in [9.17, 15) is 4.79 Å². The second kappa shape index (κ2) is 5.51. The number of unbranched alkanes of at least 4 members (excludes halogenated alkanes) is 1. The van der Waals surface area contributed by atoms with Gasteiger partial charge in [-0.1, -0.05) is 6.08 Å². The number of allylic oxidation sites excluding steroid dienone is 1. The Morgan fingerprint density at radius 1 is 1.67 bits per heavy atom. The molecule has 0 saturated carbocycles. The maximum atomic E-state index is 9.95. The van der Waals surface area contributed by atoms with Crippen LogP contribution < -0.4 is 5.73 Å². The number of carbonyl (C=O) groups excluding carboxylic acids is 1. The van der Waals surface area contributed by atoms with Crippen LogP contribution in [0.5, 0.6) is 0 Å². The molecular formula is C7H13NO. The fourth-order valence-electron chi connectivity index (χ4n) is 0.566. The van der Waals surface area contributed by atoms with Gasteiger partial charge in [-0.3, -0.25) is 0 Å². The Morgan fingerprint density at radius 2 is 2.33 bits per heavy atom. The van der Waals surface area contributed by atoms with Crippen molar-refractivity contribution in [2.24, 2.45) is 5.73 Å². The van der Waals surface area contributed by atoms with Gasteiger partial charge in [0.05, 0.1) is 6.04 Å². The Labute approximate surface area is 55.7 Å². The molecule has 0 amide bonds. The highest BCUT2D eigenvalue weighted by Crippen LogP contribution is 1.96. The molecule has 0 saturated heterocycles. The summed E-state index contributed by atoms with van der Waals surface area (Å²) < 4.78 is 0. The van der Waals surface area contributed by atoms with E-state index in [4.69, 9.17) is 5.73 Å². The van der Waals surface area contributed by atoms with Crippen molar-refractivity contribution < 1.29 is 4.79 Å². The molecule has 9 heavy (non-hydrogen) atoms. The molecule has 0 aromatic rings. The molecule has 2 N–H and O–H groups in total. The summed E-state index contributed by atoms with van der Waals surface area (Å²) in [6.45, 7) is 3.55. The van der Waals surface area contributed by atoms with Crippen LogP contribution in [-0.4, -0.2) is 12.3 Å². The summed E-state index contributed by atoms with van der Waals surface area (Å²) in [5.74, 6) is 0. The summed E-state index contributed by atoms with van der Waals surface area (Å²) >= 11 is 0. The van der Waals surface area contributed by atoms with E-state index in [1.165, 1.54) is 0 Å². The van der Waals surface area contributed by atoms with Gasteiger partial charge in [0, 0.05) is 0 Å². The Kier molecular flexibility index (Phi) is 5.12. The van der Waals surface area contributed by atoms with E-state index in [-0.39, 0.29) is 6.04 Å². The fraction of sp³-hybridized carbons (Fsp3) is 0.571. The lowest BCUT2D eigenvalue weighted by atomic mass is 10.1. The third-order valence-corrected chi connectivity index (χ3v) is 1.12. The zero-order valence-electron chi connectivity index (χ0n) is 5.55. The minimum absolute atomic E-state index is 0.273. The standard InChI is InChI=1S/C7H13NO/c1-2-3-4-5-7(8)6-9/h2,6-7H,1,3-5,8H2/t7-/m0/s1. The van der Waals surface area contributed by atoms with Gasteiger partial charge in [-0.15, -0.1) is 6.58 Å². The largest absolute Gasteiger partial charge is 0.322 e. The van der Waals surface area contributed by atoms with Crippen LogP contribution in [0.4, 0.5) is 0 Å². The maximum Gasteiger partial charge on any atom is 0.136 e. The number of aldehydes is 1. The predicted octanol–water partition coefficient (Wildman–Crippen LogP) is 0.869. The minimum Gasteiger partial charge on any atom is -0.322 e. The highest BCUT2D eigenvalue weighted by molar-refractivity contribution is 5.56. The van der Waals surface area contributed by atoms with Gasteiger partial charge in [-0.2, -0.15) is 0 Å². The van der Waals surface area contributed by atoms with E-state index in [0.717, 1.165) is 25.5 Å². The lowest BCUT2D eigenvalue weighted by molar-refractivity contribution is -0.109. The van der Waals surface area contributed by atoms with Crippen LogP contribution in [0.1, 0.15) is 19.3 Å². The van der Waals surface area contributed by atoms with Crippen molar-refractivity contribution in [3.05, 3.63) is 12.7 Å². The van der Waals surface area contributed by atoms with Crippen molar-refractivity contribution in [3.63, 3.8) is 0 Å². The first kappa shape index (κ1) is 8.37. The molecule has 2 nitrogen and oxygen atoms in total. The SMILES string of the molecule is C=CCCC[C@H](N)C=O. The fourth-order valence-corrected chi connectivity index (χ4v) is 0.566. The molecule has 0 aliphatic carbocycles. The third-order valence-electron chi connectivity index (χ3n) is 1.12. The summed E-state index contributed by atoms with van der Waals surface area (Å²) in [4.78, 5) is 9.95. The minimum atomic E-state index is -0.273. The molecule has 0 rings (SSSR count). The molecule has 0 heterocycles. The van der Waals surface area contributed by atoms with Gasteiger partial charge in [0.25, 0.3) is 0 Å². The number of rotatable bonds is 5.